The first kappa shape index (κ1) is 17.6. The van der Waals surface area contributed by atoms with Gasteiger partial charge in [0.2, 0.25) is 0 Å². The minimum atomic E-state index is -4.62. The van der Waals surface area contributed by atoms with Crippen molar-refractivity contribution in [1.29, 1.82) is 0 Å². The van der Waals surface area contributed by atoms with E-state index in [1.165, 1.54) is 6.92 Å². The third-order valence-corrected chi connectivity index (χ3v) is 3.17. The van der Waals surface area contributed by atoms with Crippen molar-refractivity contribution >= 4 is 16.9 Å². The Bertz CT molecular complexity index is 271. The van der Waals surface area contributed by atoms with Crippen molar-refractivity contribution in [3.05, 3.63) is 0 Å². The van der Waals surface area contributed by atoms with E-state index < -0.39 is 43.3 Å². The molecule has 1 nitrogen and oxygen atoms in total. The van der Waals surface area contributed by atoms with Gasteiger partial charge in [0.05, 0.1) is 6.42 Å². The summed E-state index contributed by atoms with van der Waals surface area (Å²) in [5.74, 6) is -9.55. The van der Waals surface area contributed by atoms with E-state index in [0.29, 0.717) is 11.8 Å². The monoisotopic (exact) mass is 296 g/mol. The molecular formula is C10H14F6OS. The van der Waals surface area contributed by atoms with Crippen LogP contribution in [0.4, 0.5) is 26.3 Å². The summed E-state index contributed by atoms with van der Waals surface area (Å²) < 4.78 is 76.3. The number of thioether (sulfide) groups is 1. The number of hydrogen-bond donors (Lipinski definition) is 0. The van der Waals surface area contributed by atoms with Gasteiger partial charge in [-0.2, -0.15) is 17.6 Å². The maximum atomic E-state index is 13.1. The van der Waals surface area contributed by atoms with Crippen LogP contribution in [0.2, 0.25) is 0 Å². The summed E-state index contributed by atoms with van der Waals surface area (Å²) in [5, 5.41) is -0.388. The first-order valence-corrected chi connectivity index (χ1v) is 6.26. The van der Waals surface area contributed by atoms with E-state index >= 15 is 0 Å². The van der Waals surface area contributed by atoms with Crippen LogP contribution < -0.4 is 0 Å². The van der Waals surface area contributed by atoms with Crippen LogP contribution in [0.15, 0.2) is 0 Å². The van der Waals surface area contributed by atoms with Crippen LogP contribution in [0.3, 0.4) is 0 Å². The Morgan fingerprint density at radius 3 is 2.22 bits per heavy atom. The average Bonchev–Trinajstić information content (AvgIpc) is 2.27. The molecule has 0 aromatic rings. The smallest absolute Gasteiger partial charge is 0.287 e. The molecule has 0 bridgehead atoms. The molecule has 0 aromatic heterocycles. The zero-order chi connectivity index (χ0) is 14.4. The lowest BCUT2D eigenvalue weighted by atomic mass is 10.0. The number of halogens is 6. The van der Waals surface area contributed by atoms with Gasteiger partial charge in [-0.05, 0) is 0 Å². The standard InChI is InChI=1S/C10H14F6OS/c1-2-8(17)18-4-3-9(13,14)10(15,16)5-7(12)6-11/h7H,2-6H2,1H3. The quantitative estimate of drug-likeness (QED) is 0.629. The second-order valence-corrected chi connectivity index (χ2v) is 4.84. The summed E-state index contributed by atoms with van der Waals surface area (Å²) in [4.78, 5) is 10.8. The molecule has 1 atom stereocenters. The van der Waals surface area contributed by atoms with Crippen molar-refractivity contribution in [1.82, 2.24) is 0 Å². The highest BCUT2D eigenvalue weighted by molar-refractivity contribution is 8.13. The van der Waals surface area contributed by atoms with Crippen molar-refractivity contribution in [2.75, 3.05) is 12.4 Å². The van der Waals surface area contributed by atoms with Crippen LogP contribution in [-0.4, -0.2) is 35.6 Å². The highest BCUT2D eigenvalue weighted by Gasteiger charge is 2.56. The van der Waals surface area contributed by atoms with Gasteiger partial charge in [0, 0.05) is 18.6 Å². The van der Waals surface area contributed by atoms with E-state index in [-0.39, 0.29) is 11.5 Å². The molecule has 0 aliphatic heterocycles. The van der Waals surface area contributed by atoms with E-state index in [9.17, 15) is 31.1 Å². The molecular weight excluding hydrogens is 282 g/mol. The van der Waals surface area contributed by atoms with Crippen molar-refractivity contribution in [2.45, 2.75) is 44.2 Å². The van der Waals surface area contributed by atoms with E-state index in [1.54, 1.807) is 0 Å². The molecule has 0 aromatic carbocycles. The molecule has 0 fully saturated rings. The predicted octanol–water partition coefficient (Wildman–Crippen LogP) is 4.01. The second kappa shape index (κ2) is 7.25. The van der Waals surface area contributed by atoms with Gasteiger partial charge in [-0.3, -0.25) is 4.79 Å². The Kier molecular flexibility index (Phi) is 7.09. The van der Waals surface area contributed by atoms with Gasteiger partial charge in [0.15, 0.2) is 5.12 Å². The Hall–Kier alpha value is -0.400. The SMILES string of the molecule is CCC(=O)SCCC(F)(F)C(F)(F)CC(F)CF. The largest absolute Gasteiger partial charge is 0.313 e. The van der Waals surface area contributed by atoms with Crippen molar-refractivity contribution in [3.63, 3.8) is 0 Å². The Balaban J connectivity index is 4.36. The highest BCUT2D eigenvalue weighted by Crippen LogP contribution is 2.41. The number of carbonyl (C=O) groups excluding carboxylic acids is 1. The summed E-state index contributed by atoms with van der Waals surface area (Å²) >= 11 is 0.524. The fourth-order valence-electron chi connectivity index (χ4n) is 1.06. The fraction of sp³-hybridized carbons (Fsp3) is 0.900. The summed E-state index contributed by atoms with van der Waals surface area (Å²) in [6, 6.07) is 0. The average molecular weight is 296 g/mol. The summed E-state index contributed by atoms with van der Waals surface area (Å²) in [7, 11) is 0. The van der Waals surface area contributed by atoms with E-state index in [0.717, 1.165) is 0 Å². The fourth-order valence-corrected chi connectivity index (χ4v) is 1.85. The Morgan fingerprint density at radius 2 is 1.78 bits per heavy atom. The van der Waals surface area contributed by atoms with Crippen LogP contribution in [0.25, 0.3) is 0 Å². The molecule has 0 saturated heterocycles. The normalized spacial score (nSPS) is 14.6. The molecule has 108 valence electrons. The number of alkyl halides is 6. The molecule has 8 heteroatoms. The predicted molar refractivity (Wildman–Crippen MR) is 57.8 cm³/mol. The molecule has 0 amide bonds. The number of hydrogen-bond acceptors (Lipinski definition) is 2. The molecule has 0 radical (unpaired) electrons. The highest BCUT2D eigenvalue weighted by atomic mass is 32.2. The molecule has 0 N–H and O–H groups in total. The van der Waals surface area contributed by atoms with Crippen LogP contribution in [0.5, 0.6) is 0 Å². The van der Waals surface area contributed by atoms with Gasteiger partial charge in [-0.1, -0.05) is 18.7 Å². The van der Waals surface area contributed by atoms with E-state index in [1.807, 2.05) is 0 Å². The molecule has 0 aliphatic carbocycles. The minimum absolute atomic E-state index is 0.112. The van der Waals surface area contributed by atoms with Gasteiger partial charge in [-0.15, -0.1) is 0 Å². The van der Waals surface area contributed by atoms with Crippen molar-refractivity contribution in [2.24, 2.45) is 0 Å². The van der Waals surface area contributed by atoms with Gasteiger partial charge in [0.1, 0.15) is 12.8 Å². The lowest BCUT2D eigenvalue weighted by Crippen LogP contribution is -2.43. The zero-order valence-electron chi connectivity index (χ0n) is 9.70. The second-order valence-electron chi connectivity index (χ2n) is 3.69. The zero-order valence-corrected chi connectivity index (χ0v) is 10.5. The third kappa shape index (κ3) is 5.49. The Morgan fingerprint density at radius 1 is 1.22 bits per heavy atom. The summed E-state index contributed by atoms with van der Waals surface area (Å²) in [5.41, 5.74) is 0. The van der Waals surface area contributed by atoms with Crippen molar-refractivity contribution in [3.8, 4) is 0 Å². The lowest BCUT2D eigenvalue weighted by molar-refractivity contribution is -0.218. The van der Waals surface area contributed by atoms with Crippen LogP contribution in [0.1, 0.15) is 26.2 Å². The van der Waals surface area contributed by atoms with Gasteiger partial charge < -0.3 is 0 Å². The lowest BCUT2D eigenvalue weighted by Gasteiger charge is -2.27. The number of carbonyl (C=O) groups is 1. The summed E-state index contributed by atoms with van der Waals surface area (Å²) in [6.07, 6.45) is -5.62. The van der Waals surface area contributed by atoms with Crippen LogP contribution in [-0.2, 0) is 4.79 Å². The van der Waals surface area contributed by atoms with Crippen molar-refractivity contribution < 1.29 is 31.1 Å². The molecule has 0 rings (SSSR count). The van der Waals surface area contributed by atoms with Gasteiger partial charge in [-0.25, -0.2) is 8.78 Å². The summed E-state index contributed by atoms with van der Waals surface area (Å²) in [6.45, 7) is -0.217. The molecule has 0 heterocycles. The van der Waals surface area contributed by atoms with Gasteiger partial charge >= 0.3 is 11.8 Å². The van der Waals surface area contributed by atoms with Crippen LogP contribution >= 0.6 is 11.8 Å². The topological polar surface area (TPSA) is 17.1 Å². The Labute approximate surface area is 105 Å². The first-order valence-electron chi connectivity index (χ1n) is 5.27. The molecule has 0 saturated carbocycles. The molecule has 18 heavy (non-hydrogen) atoms. The first-order chi connectivity index (χ1) is 8.16. The molecule has 1 unspecified atom stereocenters. The molecule has 0 aliphatic rings. The minimum Gasteiger partial charge on any atom is -0.287 e. The van der Waals surface area contributed by atoms with Gasteiger partial charge in [0.25, 0.3) is 0 Å². The third-order valence-electron chi connectivity index (χ3n) is 2.15. The molecule has 0 spiro atoms. The van der Waals surface area contributed by atoms with Crippen LogP contribution in [0, 0.1) is 0 Å². The maximum Gasteiger partial charge on any atom is 0.313 e. The maximum absolute atomic E-state index is 13.1. The van der Waals surface area contributed by atoms with E-state index in [4.69, 9.17) is 0 Å². The van der Waals surface area contributed by atoms with E-state index in [2.05, 4.69) is 0 Å². The number of rotatable bonds is 8.